The Labute approximate surface area is 111 Å². The Balaban J connectivity index is 2.06. The normalized spacial score (nSPS) is 10.8. The molecule has 0 bridgehead atoms. The number of aryl methyl sites for hydroxylation is 1. The van der Waals surface area contributed by atoms with Gasteiger partial charge in [-0.1, -0.05) is 24.3 Å². The zero-order valence-electron chi connectivity index (χ0n) is 10.4. The van der Waals surface area contributed by atoms with E-state index in [1.54, 1.807) is 7.11 Å². The van der Waals surface area contributed by atoms with Crippen LogP contribution in [-0.4, -0.2) is 7.11 Å². The lowest BCUT2D eigenvalue weighted by atomic mass is 10.0. The summed E-state index contributed by atoms with van der Waals surface area (Å²) in [6, 6.07) is 17.1. The van der Waals surface area contributed by atoms with Crippen LogP contribution in [0.2, 0.25) is 0 Å². The summed E-state index contributed by atoms with van der Waals surface area (Å²) >= 11 is 1.84. The van der Waals surface area contributed by atoms with E-state index in [4.69, 9.17) is 4.74 Å². The smallest absolute Gasteiger partial charge is 0.118 e. The molecule has 1 nitrogen and oxygen atoms in total. The van der Waals surface area contributed by atoms with Crippen molar-refractivity contribution in [3.63, 3.8) is 0 Å². The second-order valence-electron chi connectivity index (χ2n) is 4.34. The van der Waals surface area contributed by atoms with Crippen molar-refractivity contribution in [2.45, 2.75) is 6.92 Å². The van der Waals surface area contributed by atoms with E-state index < -0.39 is 0 Å². The quantitative estimate of drug-likeness (QED) is 0.633. The van der Waals surface area contributed by atoms with Crippen molar-refractivity contribution in [3.8, 4) is 16.9 Å². The van der Waals surface area contributed by atoms with Crippen LogP contribution in [0.1, 0.15) is 4.88 Å². The Kier molecular flexibility index (Phi) is 2.80. The Morgan fingerprint density at radius 1 is 0.889 bits per heavy atom. The van der Waals surface area contributed by atoms with Crippen molar-refractivity contribution in [2.24, 2.45) is 0 Å². The minimum atomic E-state index is 0.895. The van der Waals surface area contributed by atoms with E-state index in [2.05, 4.69) is 43.3 Å². The van der Waals surface area contributed by atoms with Gasteiger partial charge in [-0.05, 0) is 47.7 Å². The van der Waals surface area contributed by atoms with Crippen LogP contribution < -0.4 is 4.74 Å². The van der Waals surface area contributed by atoms with Gasteiger partial charge in [-0.3, -0.25) is 0 Å². The topological polar surface area (TPSA) is 9.23 Å². The molecule has 3 aromatic rings. The van der Waals surface area contributed by atoms with Gasteiger partial charge in [0.15, 0.2) is 0 Å². The molecule has 2 aromatic carbocycles. The van der Waals surface area contributed by atoms with E-state index in [-0.39, 0.29) is 0 Å². The van der Waals surface area contributed by atoms with E-state index in [0.717, 1.165) is 5.75 Å². The molecule has 1 aromatic heterocycles. The molecule has 0 saturated heterocycles. The number of ether oxygens (including phenoxy) is 1. The first-order valence-corrected chi connectivity index (χ1v) is 6.72. The highest BCUT2D eigenvalue weighted by atomic mass is 32.1. The average molecular weight is 254 g/mol. The van der Waals surface area contributed by atoms with Gasteiger partial charge in [0.1, 0.15) is 5.75 Å². The summed E-state index contributed by atoms with van der Waals surface area (Å²) < 4.78 is 6.53. The molecule has 0 N–H and O–H groups in total. The van der Waals surface area contributed by atoms with E-state index in [9.17, 15) is 0 Å². The lowest BCUT2D eigenvalue weighted by Crippen LogP contribution is -1.82. The molecule has 0 radical (unpaired) electrons. The molecular weight excluding hydrogens is 240 g/mol. The number of benzene rings is 2. The molecule has 1 heterocycles. The molecule has 2 heteroatoms. The molecule has 0 aliphatic rings. The minimum Gasteiger partial charge on any atom is -0.497 e. The summed E-state index contributed by atoms with van der Waals surface area (Å²) in [6.45, 7) is 2.15. The highest BCUT2D eigenvalue weighted by molar-refractivity contribution is 7.19. The first kappa shape index (κ1) is 11.3. The van der Waals surface area contributed by atoms with Crippen LogP contribution in [0.25, 0.3) is 21.2 Å². The van der Waals surface area contributed by atoms with Crippen molar-refractivity contribution in [3.05, 3.63) is 53.4 Å². The van der Waals surface area contributed by atoms with E-state index in [1.807, 2.05) is 23.5 Å². The van der Waals surface area contributed by atoms with Gasteiger partial charge in [-0.2, -0.15) is 0 Å². The van der Waals surface area contributed by atoms with E-state index >= 15 is 0 Å². The van der Waals surface area contributed by atoms with Gasteiger partial charge in [-0.15, -0.1) is 11.3 Å². The van der Waals surface area contributed by atoms with Crippen LogP contribution in [0, 0.1) is 6.92 Å². The molecule has 0 saturated carbocycles. The van der Waals surface area contributed by atoms with Gasteiger partial charge < -0.3 is 4.74 Å². The van der Waals surface area contributed by atoms with Crippen LogP contribution in [0.5, 0.6) is 5.75 Å². The van der Waals surface area contributed by atoms with Crippen LogP contribution in [-0.2, 0) is 0 Å². The zero-order chi connectivity index (χ0) is 12.5. The van der Waals surface area contributed by atoms with Gasteiger partial charge in [0.05, 0.1) is 7.11 Å². The highest BCUT2D eigenvalue weighted by Crippen LogP contribution is 2.30. The molecule has 0 atom stereocenters. The number of hydrogen-bond acceptors (Lipinski definition) is 2. The predicted octanol–water partition coefficient (Wildman–Crippen LogP) is 4.89. The first-order chi connectivity index (χ1) is 8.76. The number of thiophene rings is 1. The van der Waals surface area contributed by atoms with Gasteiger partial charge in [0.25, 0.3) is 0 Å². The molecule has 0 unspecified atom stereocenters. The predicted molar refractivity (Wildman–Crippen MR) is 78.6 cm³/mol. The average Bonchev–Trinajstić information content (AvgIpc) is 2.78. The van der Waals surface area contributed by atoms with E-state index in [1.165, 1.54) is 26.1 Å². The standard InChI is InChI=1S/C16H14OS/c1-11-9-14-4-3-13(10-16(14)18-11)12-5-7-15(17-2)8-6-12/h3-10H,1-2H3. The van der Waals surface area contributed by atoms with Crippen LogP contribution in [0.4, 0.5) is 0 Å². The van der Waals surface area contributed by atoms with Crippen LogP contribution >= 0.6 is 11.3 Å². The maximum atomic E-state index is 5.18. The monoisotopic (exact) mass is 254 g/mol. The molecule has 18 heavy (non-hydrogen) atoms. The SMILES string of the molecule is COc1ccc(-c2ccc3cc(C)sc3c2)cc1. The number of rotatable bonds is 2. The molecular formula is C16H14OS. The second-order valence-corrected chi connectivity index (χ2v) is 5.63. The van der Waals surface area contributed by atoms with Crippen molar-refractivity contribution in [2.75, 3.05) is 7.11 Å². The Morgan fingerprint density at radius 2 is 1.61 bits per heavy atom. The Morgan fingerprint density at radius 3 is 2.33 bits per heavy atom. The van der Waals surface area contributed by atoms with Crippen molar-refractivity contribution >= 4 is 21.4 Å². The largest absolute Gasteiger partial charge is 0.497 e. The van der Waals surface area contributed by atoms with Crippen molar-refractivity contribution in [1.82, 2.24) is 0 Å². The lowest BCUT2D eigenvalue weighted by Gasteiger charge is -2.04. The van der Waals surface area contributed by atoms with Gasteiger partial charge >= 0.3 is 0 Å². The molecule has 0 aliphatic heterocycles. The lowest BCUT2D eigenvalue weighted by molar-refractivity contribution is 0.415. The van der Waals surface area contributed by atoms with Crippen molar-refractivity contribution < 1.29 is 4.74 Å². The molecule has 0 amide bonds. The summed E-state index contributed by atoms with van der Waals surface area (Å²) in [4.78, 5) is 1.36. The third kappa shape index (κ3) is 2.00. The molecule has 0 spiro atoms. The Hall–Kier alpha value is -1.80. The number of fused-ring (bicyclic) bond motifs is 1. The summed E-state index contributed by atoms with van der Waals surface area (Å²) in [5.74, 6) is 0.895. The van der Waals surface area contributed by atoms with Crippen LogP contribution in [0.3, 0.4) is 0 Å². The van der Waals surface area contributed by atoms with Gasteiger partial charge in [-0.25, -0.2) is 0 Å². The number of methoxy groups -OCH3 is 1. The summed E-state index contributed by atoms with van der Waals surface area (Å²) in [7, 11) is 1.69. The fraction of sp³-hybridized carbons (Fsp3) is 0.125. The molecule has 0 fully saturated rings. The molecule has 3 rings (SSSR count). The third-order valence-electron chi connectivity index (χ3n) is 3.07. The maximum Gasteiger partial charge on any atom is 0.118 e. The first-order valence-electron chi connectivity index (χ1n) is 5.91. The van der Waals surface area contributed by atoms with Crippen LogP contribution in [0.15, 0.2) is 48.5 Å². The Bertz CT molecular complexity index is 680. The third-order valence-corrected chi connectivity index (χ3v) is 4.08. The fourth-order valence-corrected chi connectivity index (χ4v) is 3.09. The summed E-state index contributed by atoms with van der Waals surface area (Å²) in [5, 5.41) is 1.33. The minimum absolute atomic E-state index is 0.895. The van der Waals surface area contributed by atoms with Gasteiger partial charge in [0.2, 0.25) is 0 Å². The second kappa shape index (κ2) is 4.46. The fourth-order valence-electron chi connectivity index (χ4n) is 2.13. The van der Waals surface area contributed by atoms with Crippen molar-refractivity contribution in [1.29, 1.82) is 0 Å². The summed E-state index contributed by atoms with van der Waals surface area (Å²) in [6.07, 6.45) is 0. The number of hydrogen-bond donors (Lipinski definition) is 0. The zero-order valence-corrected chi connectivity index (χ0v) is 11.3. The molecule has 0 aliphatic carbocycles. The maximum absolute atomic E-state index is 5.18. The van der Waals surface area contributed by atoms with Gasteiger partial charge in [0, 0.05) is 9.58 Å². The van der Waals surface area contributed by atoms with E-state index in [0.29, 0.717) is 0 Å². The highest BCUT2D eigenvalue weighted by Gasteiger charge is 2.02. The summed E-state index contributed by atoms with van der Waals surface area (Å²) in [5.41, 5.74) is 2.48. The molecule has 90 valence electrons.